The van der Waals surface area contributed by atoms with E-state index in [1.54, 1.807) is 19.2 Å². The second-order valence-corrected chi connectivity index (χ2v) is 3.96. The topological polar surface area (TPSA) is 49.8 Å². The van der Waals surface area contributed by atoms with Crippen LogP contribution in [0.4, 0.5) is 16.0 Å². The van der Waals surface area contributed by atoms with Crippen LogP contribution in [0.2, 0.25) is 0 Å². The van der Waals surface area contributed by atoms with Crippen molar-refractivity contribution in [3.05, 3.63) is 48.0 Å². The highest BCUT2D eigenvalue weighted by molar-refractivity contribution is 5.47. The molecule has 1 heterocycles. The minimum absolute atomic E-state index is 0.0465. The van der Waals surface area contributed by atoms with E-state index in [1.165, 1.54) is 18.5 Å². The lowest BCUT2D eigenvalue weighted by molar-refractivity contribution is 0.626. The molecule has 1 aromatic heterocycles. The van der Waals surface area contributed by atoms with Crippen molar-refractivity contribution in [1.29, 1.82) is 0 Å². The number of halogens is 1. The van der Waals surface area contributed by atoms with E-state index >= 15 is 0 Å². The molecule has 0 aliphatic heterocycles. The van der Waals surface area contributed by atoms with Gasteiger partial charge in [0.25, 0.3) is 0 Å². The van der Waals surface area contributed by atoms with Gasteiger partial charge in [-0.15, -0.1) is 0 Å². The summed E-state index contributed by atoms with van der Waals surface area (Å²) in [7, 11) is 1.80. The Hall–Kier alpha value is -2.17. The predicted octanol–water partition coefficient (Wildman–Crippen LogP) is 2.83. The summed E-state index contributed by atoms with van der Waals surface area (Å²) in [5.74, 6) is 1.25. The molecule has 1 atom stereocenters. The molecular weight excluding hydrogens is 231 g/mol. The number of anilines is 2. The van der Waals surface area contributed by atoms with Crippen molar-refractivity contribution >= 4 is 11.6 Å². The lowest BCUT2D eigenvalue weighted by Gasteiger charge is -2.15. The van der Waals surface area contributed by atoms with Crippen molar-refractivity contribution in [3.63, 3.8) is 0 Å². The van der Waals surface area contributed by atoms with Crippen molar-refractivity contribution < 1.29 is 4.39 Å². The van der Waals surface area contributed by atoms with Gasteiger partial charge in [0.2, 0.25) is 0 Å². The average Bonchev–Trinajstić information content (AvgIpc) is 2.39. The summed E-state index contributed by atoms with van der Waals surface area (Å²) in [5.41, 5.74) is 1.00. The Balaban J connectivity index is 2.10. The molecule has 0 saturated carbocycles. The zero-order chi connectivity index (χ0) is 13.0. The summed E-state index contributed by atoms with van der Waals surface area (Å²) in [4.78, 5) is 8.17. The van der Waals surface area contributed by atoms with E-state index in [1.807, 2.05) is 13.0 Å². The summed E-state index contributed by atoms with van der Waals surface area (Å²) in [6.07, 6.45) is 1.49. The molecule has 0 radical (unpaired) electrons. The normalized spacial score (nSPS) is 11.9. The van der Waals surface area contributed by atoms with Crippen LogP contribution in [0.25, 0.3) is 0 Å². The van der Waals surface area contributed by atoms with E-state index in [9.17, 15) is 4.39 Å². The Kier molecular flexibility index (Phi) is 3.72. The van der Waals surface area contributed by atoms with Gasteiger partial charge < -0.3 is 10.6 Å². The molecule has 0 bridgehead atoms. The van der Waals surface area contributed by atoms with Crippen molar-refractivity contribution in [1.82, 2.24) is 9.97 Å². The number of aromatic nitrogens is 2. The van der Waals surface area contributed by atoms with Crippen molar-refractivity contribution in [3.8, 4) is 0 Å². The zero-order valence-electron chi connectivity index (χ0n) is 10.3. The van der Waals surface area contributed by atoms with Gasteiger partial charge in [-0.3, -0.25) is 0 Å². The monoisotopic (exact) mass is 246 g/mol. The molecule has 94 valence electrons. The van der Waals surface area contributed by atoms with Crippen LogP contribution in [0, 0.1) is 5.82 Å². The molecule has 0 saturated heterocycles. The largest absolute Gasteiger partial charge is 0.373 e. The SMILES string of the molecule is CNc1cc(NC(C)c2ccc(F)cc2)ncn1. The number of benzene rings is 1. The van der Waals surface area contributed by atoms with E-state index < -0.39 is 0 Å². The maximum absolute atomic E-state index is 12.8. The van der Waals surface area contributed by atoms with Gasteiger partial charge in [0.15, 0.2) is 0 Å². The van der Waals surface area contributed by atoms with Crippen LogP contribution in [-0.2, 0) is 0 Å². The number of hydrogen-bond acceptors (Lipinski definition) is 4. The summed E-state index contributed by atoms with van der Waals surface area (Å²) >= 11 is 0. The molecule has 0 fully saturated rings. The predicted molar refractivity (Wildman–Crippen MR) is 70.0 cm³/mol. The third-order valence-corrected chi connectivity index (χ3v) is 2.66. The Morgan fingerprint density at radius 1 is 1.11 bits per heavy atom. The maximum atomic E-state index is 12.8. The van der Waals surface area contributed by atoms with Gasteiger partial charge in [0.1, 0.15) is 23.8 Å². The highest BCUT2D eigenvalue weighted by Crippen LogP contribution is 2.18. The van der Waals surface area contributed by atoms with Crippen LogP contribution in [0.5, 0.6) is 0 Å². The molecule has 1 aromatic carbocycles. The lowest BCUT2D eigenvalue weighted by Crippen LogP contribution is -2.08. The summed E-state index contributed by atoms with van der Waals surface area (Å²) in [6.45, 7) is 1.99. The highest BCUT2D eigenvalue weighted by Gasteiger charge is 2.06. The van der Waals surface area contributed by atoms with Crippen LogP contribution in [-0.4, -0.2) is 17.0 Å². The zero-order valence-corrected chi connectivity index (χ0v) is 10.3. The van der Waals surface area contributed by atoms with Gasteiger partial charge in [-0.2, -0.15) is 0 Å². The van der Waals surface area contributed by atoms with E-state index in [2.05, 4.69) is 20.6 Å². The van der Waals surface area contributed by atoms with Gasteiger partial charge in [0, 0.05) is 19.2 Å². The van der Waals surface area contributed by atoms with Crippen molar-refractivity contribution in [2.24, 2.45) is 0 Å². The maximum Gasteiger partial charge on any atom is 0.131 e. The Bertz CT molecular complexity index is 513. The fraction of sp³-hybridized carbons (Fsp3) is 0.231. The minimum Gasteiger partial charge on any atom is -0.373 e. The second-order valence-electron chi connectivity index (χ2n) is 3.96. The van der Waals surface area contributed by atoms with E-state index in [-0.39, 0.29) is 11.9 Å². The molecule has 0 amide bonds. The Labute approximate surface area is 105 Å². The first-order valence-corrected chi connectivity index (χ1v) is 5.71. The molecule has 5 heteroatoms. The van der Waals surface area contributed by atoms with Crippen LogP contribution in [0.15, 0.2) is 36.7 Å². The van der Waals surface area contributed by atoms with Gasteiger partial charge in [0.05, 0.1) is 0 Å². The molecule has 2 rings (SSSR count). The third-order valence-electron chi connectivity index (χ3n) is 2.66. The summed E-state index contributed by atoms with van der Waals surface area (Å²) < 4.78 is 12.8. The Morgan fingerprint density at radius 3 is 2.44 bits per heavy atom. The lowest BCUT2D eigenvalue weighted by atomic mass is 10.1. The van der Waals surface area contributed by atoms with Gasteiger partial charge in [-0.25, -0.2) is 14.4 Å². The number of rotatable bonds is 4. The quantitative estimate of drug-likeness (QED) is 0.871. The molecule has 1 unspecified atom stereocenters. The summed E-state index contributed by atoms with van der Waals surface area (Å²) in [6, 6.07) is 8.28. The fourth-order valence-corrected chi connectivity index (χ4v) is 1.63. The minimum atomic E-state index is -0.231. The molecule has 0 aliphatic carbocycles. The number of nitrogens with one attached hydrogen (secondary N) is 2. The first-order valence-electron chi connectivity index (χ1n) is 5.71. The highest BCUT2D eigenvalue weighted by atomic mass is 19.1. The van der Waals surface area contributed by atoms with Crippen LogP contribution in [0.3, 0.4) is 0 Å². The molecule has 0 spiro atoms. The molecule has 0 aliphatic rings. The van der Waals surface area contributed by atoms with Crippen molar-refractivity contribution in [2.75, 3.05) is 17.7 Å². The van der Waals surface area contributed by atoms with E-state index in [0.717, 1.165) is 17.2 Å². The van der Waals surface area contributed by atoms with Crippen molar-refractivity contribution in [2.45, 2.75) is 13.0 Å². The average molecular weight is 246 g/mol. The fourth-order valence-electron chi connectivity index (χ4n) is 1.63. The smallest absolute Gasteiger partial charge is 0.131 e. The molecule has 4 nitrogen and oxygen atoms in total. The Morgan fingerprint density at radius 2 is 1.78 bits per heavy atom. The third kappa shape index (κ3) is 2.94. The molecule has 18 heavy (non-hydrogen) atoms. The van der Waals surface area contributed by atoms with E-state index in [0.29, 0.717) is 0 Å². The number of nitrogens with zero attached hydrogens (tertiary/aromatic N) is 2. The number of hydrogen-bond donors (Lipinski definition) is 2. The van der Waals surface area contributed by atoms with Gasteiger partial charge >= 0.3 is 0 Å². The van der Waals surface area contributed by atoms with Crippen LogP contribution < -0.4 is 10.6 Å². The molecule has 2 aromatic rings. The van der Waals surface area contributed by atoms with Gasteiger partial charge in [-0.05, 0) is 24.6 Å². The van der Waals surface area contributed by atoms with Crippen LogP contribution in [0.1, 0.15) is 18.5 Å². The molecular formula is C13H15FN4. The van der Waals surface area contributed by atoms with E-state index in [4.69, 9.17) is 0 Å². The first kappa shape index (κ1) is 12.3. The second kappa shape index (κ2) is 5.44. The first-order chi connectivity index (χ1) is 8.69. The molecule has 2 N–H and O–H groups in total. The van der Waals surface area contributed by atoms with Crippen LogP contribution >= 0.6 is 0 Å². The van der Waals surface area contributed by atoms with Gasteiger partial charge in [-0.1, -0.05) is 12.1 Å². The standard InChI is InChI=1S/C13H15FN4/c1-9(10-3-5-11(14)6-4-10)18-13-7-12(15-2)16-8-17-13/h3-9H,1-2H3,(H2,15,16,17,18). The summed E-state index contributed by atoms with van der Waals surface area (Å²) in [5, 5.41) is 6.19.